The van der Waals surface area contributed by atoms with E-state index in [0.717, 1.165) is 62.5 Å². The number of carbonyl (C=O) groups is 1. The number of fused-ring (bicyclic) bond motifs is 1. The van der Waals surface area contributed by atoms with Crippen molar-refractivity contribution in [3.63, 3.8) is 0 Å². The van der Waals surface area contributed by atoms with Crippen LogP contribution in [0.4, 0.5) is 11.5 Å². The van der Waals surface area contributed by atoms with Crippen LogP contribution in [-0.2, 0) is 16.1 Å². The van der Waals surface area contributed by atoms with E-state index in [0.29, 0.717) is 13.2 Å². The van der Waals surface area contributed by atoms with Gasteiger partial charge in [0, 0.05) is 62.1 Å². The minimum absolute atomic E-state index is 0.0622. The fourth-order valence-electron chi connectivity index (χ4n) is 5.10. The Morgan fingerprint density at radius 1 is 1.03 bits per heavy atom. The summed E-state index contributed by atoms with van der Waals surface area (Å²) in [4.78, 5) is 18.0. The first-order valence-electron chi connectivity index (χ1n) is 11.0. The van der Waals surface area contributed by atoms with Crippen LogP contribution in [0.15, 0.2) is 24.3 Å². The molecular weight excluding hydrogens is 364 g/mol. The molecule has 5 rings (SSSR count). The molecule has 0 radical (unpaired) electrons. The zero-order valence-electron chi connectivity index (χ0n) is 17.3. The molecule has 2 aromatic rings. The van der Waals surface area contributed by atoms with Gasteiger partial charge in [0.15, 0.2) is 0 Å². The van der Waals surface area contributed by atoms with Crippen LogP contribution < -0.4 is 9.80 Å². The number of amides is 1. The van der Waals surface area contributed by atoms with Crippen molar-refractivity contribution in [2.24, 2.45) is 5.92 Å². The van der Waals surface area contributed by atoms with Gasteiger partial charge in [-0.05, 0) is 45.1 Å². The van der Waals surface area contributed by atoms with Crippen LogP contribution in [0.2, 0.25) is 0 Å². The molecule has 0 saturated carbocycles. The van der Waals surface area contributed by atoms with E-state index in [1.54, 1.807) is 0 Å². The summed E-state index contributed by atoms with van der Waals surface area (Å²) >= 11 is 0. The standard InChI is InChI=1S/C23H30N4O2/c1-17-21(19-7-2-3-8-20(19)25-11-4-5-12-25)22-26(13-6-14-27(22)24-17)23(28)18-9-15-29-16-10-18/h2-3,7-8,18H,4-6,9-16H2,1H3. The first-order chi connectivity index (χ1) is 14.2. The molecule has 1 aromatic heterocycles. The maximum atomic E-state index is 13.5. The number of nitrogens with zero attached hydrogens (tertiary/aromatic N) is 4. The molecule has 2 fully saturated rings. The van der Waals surface area contributed by atoms with Crippen molar-refractivity contribution < 1.29 is 9.53 Å². The summed E-state index contributed by atoms with van der Waals surface area (Å²) in [7, 11) is 0. The summed E-state index contributed by atoms with van der Waals surface area (Å²) in [6, 6.07) is 8.64. The second-order valence-corrected chi connectivity index (χ2v) is 8.45. The molecule has 3 aliphatic rings. The van der Waals surface area contributed by atoms with E-state index >= 15 is 0 Å². The van der Waals surface area contributed by atoms with Gasteiger partial charge in [0.1, 0.15) is 5.82 Å². The summed E-state index contributed by atoms with van der Waals surface area (Å²) in [5, 5.41) is 4.85. The molecule has 6 heteroatoms. The molecule has 3 aliphatic heterocycles. The molecule has 0 aliphatic carbocycles. The zero-order chi connectivity index (χ0) is 19.8. The summed E-state index contributed by atoms with van der Waals surface area (Å²) in [6.07, 6.45) is 5.09. The number of hydrogen-bond acceptors (Lipinski definition) is 4. The van der Waals surface area contributed by atoms with Crippen molar-refractivity contribution in [2.75, 3.05) is 42.6 Å². The van der Waals surface area contributed by atoms with Gasteiger partial charge < -0.3 is 9.64 Å². The third-order valence-corrected chi connectivity index (χ3v) is 6.56. The lowest BCUT2D eigenvalue weighted by Crippen LogP contribution is -2.43. The van der Waals surface area contributed by atoms with E-state index in [-0.39, 0.29) is 11.8 Å². The minimum Gasteiger partial charge on any atom is -0.381 e. The summed E-state index contributed by atoms with van der Waals surface area (Å²) in [6.45, 7) is 7.31. The Labute approximate surface area is 172 Å². The molecule has 4 heterocycles. The fraction of sp³-hybridized carbons (Fsp3) is 0.565. The average Bonchev–Trinajstić information content (AvgIpc) is 3.41. The minimum atomic E-state index is 0.0622. The lowest BCUT2D eigenvalue weighted by molar-refractivity contribution is -0.125. The van der Waals surface area contributed by atoms with Crippen LogP contribution in [0, 0.1) is 12.8 Å². The third kappa shape index (κ3) is 3.33. The molecule has 1 amide bonds. The van der Waals surface area contributed by atoms with Gasteiger partial charge in [0.25, 0.3) is 0 Å². The van der Waals surface area contributed by atoms with Crippen molar-refractivity contribution in [1.29, 1.82) is 0 Å². The number of para-hydroxylation sites is 1. The van der Waals surface area contributed by atoms with Gasteiger partial charge in [-0.2, -0.15) is 5.10 Å². The quantitative estimate of drug-likeness (QED) is 0.798. The smallest absolute Gasteiger partial charge is 0.231 e. The largest absolute Gasteiger partial charge is 0.381 e. The molecule has 0 bridgehead atoms. The number of ether oxygens (including phenoxy) is 1. The molecule has 1 aromatic carbocycles. The van der Waals surface area contributed by atoms with Gasteiger partial charge in [-0.25, -0.2) is 4.68 Å². The van der Waals surface area contributed by atoms with E-state index < -0.39 is 0 Å². The van der Waals surface area contributed by atoms with Crippen molar-refractivity contribution in [3.05, 3.63) is 30.0 Å². The van der Waals surface area contributed by atoms with Crippen LogP contribution in [0.25, 0.3) is 11.1 Å². The van der Waals surface area contributed by atoms with E-state index in [9.17, 15) is 4.79 Å². The molecule has 6 nitrogen and oxygen atoms in total. The van der Waals surface area contributed by atoms with Crippen molar-refractivity contribution in [3.8, 4) is 11.1 Å². The lowest BCUT2D eigenvalue weighted by Gasteiger charge is -2.33. The van der Waals surface area contributed by atoms with Gasteiger partial charge in [-0.3, -0.25) is 9.69 Å². The van der Waals surface area contributed by atoms with Gasteiger partial charge in [-0.15, -0.1) is 0 Å². The van der Waals surface area contributed by atoms with Crippen LogP contribution in [0.1, 0.15) is 37.8 Å². The number of aryl methyl sites for hydroxylation is 2. The van der Waals surface area contributed by atoms with E-state index in [1.807, 2.05) is 4.90 Å². The normalized spacial score (nSPS) is 20.2. The summed E-state index contributed by atoms with van der Waals surface area (Å²) in [5.74, 6) is 1.30. The molecule has 0 spiro atoms. The summed E-state index contributed by atoms with van der Waals surface area (Å²) in [5.41, 5.74) is 4.62. The Bertz CT molecular complexity index is 894. The van der Waals surface area contributed by atoms with E-state index in [2.05, 4.69) is 40.8 Å². The highest BCUT2D eigenvalue weighted by Gasteiger charge is 2.34. The van der Waals surface area contributed by atoms with Gasteiger partial charge in [-0.1, -0.05) is 18.2 Å². The Morgan fingerprint density at radius 3 is 2.59 bits per heavy atom. The molecule has 2 saturated heterocycles. The maximum absolute atomic E-state index is 13.5. The number of carbonyl (C=O) groups excluding carboxylic acids is 1. The van der Waals surface area contributed by atoms with Crippen molar-refractivity contribution in [1.82, 2.24) is 9.78 Å². The van der Waals surface area contributed by atoms with Crippen molar-refractivity contribution >= 4 is 17.4 Å². The van der Waals surface area contributed by atoms with Crippen LogP contribution in [-0.4, -0.2) is 48.5 Å². The molecule has 154 valence electrons. The number of anilines is 2. The maximum Gasteiger partial charge on any atom is 0.231 e. The number of hydrogen-bond donors (Lipinski definition) is 0. The summed E-state index contributed by atoms with van der Waals surface area (Å²) < 4.78 is 7.54. The predicted octanol–water partition coefficient (Wildman–Crippen LogP) is 3.62. The average molecular weight is 395 g/mol. The number of rotatable bonds is 3. The molecular formula is C23H30N4O2. The number of benzene rings is 1. The molecule has 0 atom stereocenters. The Kier molecular flexibility index (Phi) is 5.04. The van der Waals surface area contributed by atoms with Crippen molar-refractivity contribution in [2.45, 2.75) is 45.6 Å². The second kappa shape index (κ2) is 7.82. The van der Waals surface area contributed by atoms with Gasteiger partial charge >= 0.3 is 0 Å². The van der Waals surface area contributed by atoms with Gasteiger partial charge in [0.05, 0.1) is 5.69 Å². The second-order valence-electron chi connectivity index (χ2n) is 8.45. The predicted molar refractivity (Wildman–Crippen MR) is 114 cm³/mol. The van der Waals surface area contributed by atoms with Crippen LogP contribution >= 0.6 is 0 Å². The fourth-order valence-corrected chi connectivity index (χ4v) is 5.10. The zero-order valence-corrected chi connectivity index (χ0v) is 17.3. The Morgan fingerprint density at radius 2 is 1.79 bits per heavy atom. The highest BCUT2D eigenvalue weighted by atomic mass is 16.5. The SMILES string of the molecule is Cc1nn2c(c1-c1ccccc1N1CCCC1)N(C(=O)C1CCOCC1)CCC2. The third-order valence-electron chi connectivity index (χ3n) is 6.56. The molecule has 0 unspecified atom stereocenters. The van der Waals surface area contributed by atoms with Crippen LogP contribution in [0.3, 0.4) is 0 Å². The Hall–Kier alpha value is -2.34. The number of aromatic nitrogens is 2. The monoisotopic (exact) mass is 394 g/mol. The molecule has 29 heavy (non-hydrogen) atoms. The highest BCUT2D eigenvalue weighted by Crippen LogP contribution is 2.42. The Balaban J connectivity index is 1.58. The first kappa shape index (κ1) is 18.7. The van der Waals surface area contributed by atoms with E-state index in [1.165, 1.54) is 24.1 Å². The van der Waals surface area contributed by atoms with Gasteiger partial charge in [0.2, 0.25) is 5.91 Å². The first-order valence-corrected chi connectivity index (χ1v) is 11.0. The van der Waals surface area contributed by atoms with E-state index in [4.69, 9.17) is 9.84 Å². The molecule has 0 N–H and O–H groups in total. The topological polar surface area (TPSA) is 50.6 Å². The van der Waals surface area contributed by atoms with Crippen LogP contribution in [0.5, 0.6) is 0 Å². The lowest BCUT2D eigenvalue weighted by atomic mass is 9.97. The highest BCUT2D eigenvalue weighted by molar-refractivity contribution is 6.00.